The van der Waals surface area contributed by atoms with Crippen LogP contribution < -0.4 is 5.32 Å². The monoisotopic (exact) mass is 343 g/mol. The fraction of sp³-hybridized carbons (Fsp3) is 0.318. The SMILES string of the molecule is Cc1cccc(NC(=O)c2ccc3nc4c(nc3c2)C2CCC4C2)c1C. The molecule has 1 N–H and O–H groups in total. The lowest BCUT2D eigenvalue weighted by Gasteiger charge is -2.14. The maximum atomic E-state index is 12.7. The van der Waals surface area contributed by atoms with Gasteiger partial charge < -0.3 is 5.32 Å². The second-order valence-electron chi connectivity index (χ2n) is 7.61. The summed E-state index contributed by atoms with van der Waals surface area (Å²) < 4.78 is 0. The van der Waals surface area contributed by atoms with Crippen LogP contribution in [0.25, 0.3) is 11.0 Å². The molecule has 130 valence electrons. The van der Waals surface area contributed by atoms with E-state index in [1.165, 1.54) is 30.7 Å². The molecule has 4 nitrogen and oxygen atoms in total. The molecule has 1 fully saturated rings. The van der Waals surface area contributed by atoms with Crippen molar-refractivity contribution in [3.05, 3.63) is 64.5 Å². The summed E-state index contributed by atoms with van der Waals surface area (Å²) in [5.74, 6) is 1.06. The van der Waals surface area contributed by atoms with E-state index < -0.39 is 0 Å². The van der Waals surface area contributed by atoms with Crippen LogP contribution in [-0.4, -0.2) is 15.9 Å². The molecule has 2 aromatic carbocycles. The van der Waals surface area contributed by atoms with Crippen LogP contribution in [0.15, 0.2) is 36.4 Å². The van der Waals surface area contributed by atoms with E-state index in [1.54, 1.807) is 0 Å². The lowest BCUT2D eigenvalue weighted by molar-refractivity contribution is 0.102. The summed E-state index contributed by atoms with van der Waals surface area (Å²) in [4.78, 5) is 22.5. The van der Waals surface area contributed by atoms with E-state index >= 15 is 0 Å². The highest BCUT2D eigenvalue weighted by Gasteiger charge is 2.39. The maximum absolute atomic E-state index is 12.7. The van der Waals surface area contributed by atoms with Crippen molar-refractivity contribution in [2.24, 2.45) is 0 Å². The van der Waals surface area contributed by atoms with E-state index in [2.05, 4.69) is 5.32 Å². The molecule has 1 heterocycles. The molecule has 2 aliphatic carbocycles. The highest BCUT2D eigenvalue weighted by Crippen LogP contribution is 2.51. The summed E-state index contributed by atoms with van der Waals surface area (Å²) in [6, 6.07) is 11.6. The van der Waals surface area contributed by atoms with Gasteiger partial charge in [-0.25, -0.2) is 9.97 Å². The minimum Gasteiger partial charge on any atom is -0.322 e. The molecule has 1 saturated carbocycles. The van der Waals surface area contributed by atoms with Crippen LogP contribution in [0.4, 0.5) is 5.69 Å². The second-order valence-corrected chi connectivity index (χ2v) is 7.61. The number of nitrogens with zero attached hydrogens (tertiary/aromatic N) is 2. The zero-order valence-electron chi connectivity index (χ0n) is 15.0. The number of hydrogen-bond donors (Lipinski definition) is 1. The number of carbonyl (C=O) groups is 1. The van der Waals surface area contributed by atoms with Crippen LogP contribution in [0.3, 0.4) is 0 Å². The van der Waals surface area contributed by atoms with Gasteiger partial charge in [0.05, 0.1) is 22.4 Å². The molecule has 1 aromatic heterocycles. The van der Waals surface area contributed by atoms with Crippen molar-refractivity contribution in [1.82, 2.24) is 9.97 Å². The Morgan fingerprint density at radius 2 is 1.73 bits per heavy atom. The highest BCUT2D eigenvalue weighted by molar-refractivity contribution is 6.06. The highest BCUT2D eigenvalue weighted by atomic mass is 16.1. The first kappa shape index (κ1) is 15.5. The molecule has 5 rings (SSSR count). The van der Waals surface area contributed by atoms with Gasteiger partial charge >= 0.3 is 0 Å². The summed E-state index contributed by atoms with van der Waals surface area (Å²) in [7, 11) is 0. The van der Waals surface area contributed by atoms with Gasteiger partial charge in [-0.15, -0.1) is 0 Å². The molecule has 4 heteroatoms. The normalized spacial score (nSPS) is 20.4. The fourth-order valence-corrected chi connectivity index (χ4v) is 4.38. The van der Waals surface area contributed by atoms with Crippen LogP contribution in [0.2, 0.25) is 0 Å². The van der Waals surface area contributed by atoms with Crippen LogP contribution in [-0.2, 0) is 0 Å². The number of aromatic nitrogens is 2. The smallest absolute Gasteiger partial charge is 0.255 e. The van der Waals surface area contributed by atoms with Gasteiger partial charge in [0.15, 0.2) is 0 Å². The van der Waals surface area contributed by atoms with Gasteiger partial charge in [0, 0.05) is 23.1 Å². The largest absolute Gasteiger partial charge is 0.322 e. The van der Waals surface area contributed by atoms with E-state index in [-0.39, 0.29) is 5.91 Å². The summed E-state index contributed by atoms with van der Waals surface area (Å²) >= 11 is 0. The van der Waals surface area contributed by atoms with Gasteiger partial charge in [-0.1, -0.05) is 12.1 Å². The number of nitrogens with one attached hydrogen (secondary N) is 1. The van der Waals surface area contributed by atoms with Gasteiger partial charge in [-0.05, 0) is 68.5 Å². The zero-order valence-corrected chi connectivity index (χ0v) is 15.0. The average molecular weight is 343 g/mol. The summed E-state index contributed by atoms with van der Waals surface area (Å²) in [6.45, 7) is 4.07. The van der Waals surface area contributed by atoms with Crippen LogP contribution in [0, 0.1) is 13.8 Å². The molecule has 0 spiro atoms. The Kier molecular flexibility index (Phi) is 3.36. The number of hydrogen-bond acceptors (Lipinski definition) is 3. The third-order valence-corrected chi connectivity index (χ3v) is 6.04. The van der Waals surface area contributed by atoms with Crippen molar-refractivity contribution >= 4 is 22.6 Å². The molecule has 0 radical (unpaired) electrons. The lowest BCUT2D eigenvalue weighted by Crippen LogP contribution is -2.13. The summed E-state index contributed by atoms with van der Waals surface area (Å²) in [6.07, 6.45) is 3.67. The molecule has 0 saturated heterocycles. The van der Waals surface area contributed by atoms with E-state index in [4.69, 9.17) is 9.97 Å². The Morgan fingerprint density at radius 1 is 1.00 bits per heavy atom. The maximum Gasteiger partial charge on any atom is 0.255 e. The van der Waals surface area contributed by atoms with E-state index in [0.29, 0.717) is 17.4 Å². The van der Waals surface area contributed by atoms with Gasteiger partial charge in [0.2, 0.25) is 0 Å². The van der Waals surface area contributed by atoms with Crippen LogP contribution >= 0.6 is 0 Å². The van der Waals surface area contributed by atoms with Gasteiger partial charge in [0.25, 0.3) is 5.91 Å². The van der Waals surface area contributed by atoms with E-state index in [0.717, 1.165) is 27.8 Å². The molecule has 0 aliphatic heterocycles. The van der Waals surface area contributed by atoms with Crippen molar-refractivity contribution in [3.8, 4) is 0 Å². The van der Waals surface area contributed by atoms with Crippen molar-refractivity contribution in [3.63, 3.8) is 0 Å². The molecule has 2 unspecified atom stereocenters. The van der Waals surface area contributed by atoms with Gasteiger partial charge in [0.1, 0.15) is 0 Å². The number of aryl methyl sites for hydroxylation is 1. The predicted molar refractivity (Wildman–Crippen MR) is 103 cm³/mol. The Balaban J connectivity index is 1.49. The summed E-state index contributed by atoms with van der Waals surface area (Å²) in [5.41, 5.74) is 7.81. The summed E-state index contributed by atoms with van der Waals surface area (Å²) in [5, 5.41) is 3.02. The molecule has 26 heavy (non-hydrogen) atoms. The minimum atomic E-state index is -0.107. The Morgan fingerprint density at radius 3 is 2.50 bits per heavy atom. The predicted octanol–water partition coefficient (Wildman–Crippen LogP) is 4.86. The number of carbonyl (C=O) groups excluding carboxylic acids is 1. The van der Waals surface area contributed by atoms with E-state index in [1.807, 2.05) is 50.2 Å². The Labute approximate surface area is 152 Å². The molecular weight excluding hydrogens is 322 g/mol. The second kappa shape index (κ2) is 5.63. The number of fused-ring (bicyclic) bond motifs is 6. The molecule has 1 amide bonds. The van der Waals surface area contributed by atoms with Gasteiger partial charge in [-0.2, -0.15) is 0 Å². The van der Waals surface area contributed by atoms with Crippen LogP contribution in [0.1, 0.15) is 64.0 Å². The molecule has 2 aliphatic rings. The Bertz CT molecular complexity index is 1060. The topological polar surface area (TPSA) is 54.9 Å². The van der Waals surface area contributed by atoms with E-state index in [9.17, 15) is 4.79 Å². The van der Waals surface area contributed by atoms with Gasteiger partial charge in [-0.3, -0.25) is 4.79 Å². The number of rotatable bonds is 2. The van der Waals surface area contributed by atoms with Crippen molar-refractivity contribution in [2.75, 3.05) is 5.32 Å². The first-order chi connectivity index (χ1) is 12.6. The molecule has 2 atom stereocenters. The zero-order chi connectivity index (χ0) is 17.8. The standard InChI is InChI=1S/C22H21N3O/c1-12-4-3-5-17(13(12)2)25-22(26)16-8-9-18-19(11-16)24-21-15-7-6-14(10-15)20(21)23-18/h3-5,8-9,11,14-15H,6-7,10H2,1-2H3,(H,25,26). The Hall–Kier alpha value is -2.75. The molecular formula is C22H21N3O. The first-order valence-electron chi connectivity index (χ1n) is 9.29. The third-order valence-electron chi connectivity index (χ3n) is 6.04. The third kappa shape index (κ3) is 2.32. The van der Waals surface area contributed by atoms with Crippen LogP contribution in [0.5, 0.6) is 0 Å². The average Bonchev–Trinajstić information content (AvgIpc) is 3.25. The molecule has 3 aromatic rings. The lowest BCUT2D eigenvalue weighted by atomic mass is 10.00. The number of benzene rings is 2. The number of anilines is 1. The molecule has 2 bridgehead atoms. The van der Waals surface area contributed by atoms with Crippen molar-refractivity contribution in [1.29, 1.82) is 0 Å². The van der Waals surface area contributed by atoms with Crippen molar-refractivity contribution in [2.45, 2.75) is 44.9 Å². The fourth-order valence-electron chi connectivity index (χ4n) is 4.38. The first-order valence-corrected chi connectivity index (χ1v) is 9.29. The number of amides is 1. The van der Waals surface area contributed by atoms with Crippen molar-refractivity contribution < 1.29 is 4.79 Å². The quantitative estimate of drug-likeness (QED) is 0.722. The minimum absolute atomic E-state index is 0.107.